The second-order valence-electron chi connectivity index (χ2n) is 8.03. The zero-order valence-electron chi connectivity index (χ0n) is 17.4. The number of hydrogen-bond donors (Lipinski definition) is 1. The number of fused-ring (bicyclic) bond motifs is 1. The SMILES string of the molecule is CCCCc1ccc(NC(=O)C[n+]2cc(-c3ccc(C)cc3)n3c2CCC3)cc1. The van der Waals surface area contributed by atoms with Gasteiger partial charge in [0, 0.05) is 11.3 Å². The van der Waals surface area contributed by atoms with Crippen molar-refractivity contribution in [1.82, 2.24) is 4.57 Å². The van der Waals surface area contributed by atoms with Gasteiger partial charge in [0.05, 0.1) is 13.0 Å². The van der Waals surface area contributed by atoms with Gasteiger partial charge in [0.2, 0.25) is 0 Å². The monoisotopic (exact) mass is 388 g/mol. The third-order valence-corrected chi connectivity index (χ3v) is 5.71. The van der Waals surface area contributed by atoms with E-state index in [2.05, 4.69) is 70.9 Å². The number of nitrogens with zero attached hydrogens (tertiary/aromatic N) is 2. The van der Waals surface area contributed by atoms with Gasteiger partial charge in [-0.2, -0.15) is 0 Å². The summed E-state index contributed by atoms with van der Waals surface area (Å²) in [6.07, 6.45) is 7.78. The Morgan fingerprint density at radius 1 is 1.10 bits per heavy atom. The highest BCUT2D eigenvalue weighted by atomic mass is 16.1. The van der Waals surface area contributed by atoms with Crippen molar-refractivity contribution < 1.29 is 9.36 Å². The highest BCUT2D eigenvalue weighted by molar-refractivity contribution is 5.89. The molecule has 0 aliphatic carbocycles. The molecule has 1 amide bonds. The summed E-state index contributed by atoms with van der Waals surface area (Å²) in [5, 5.41) is 3.05. The number of imidazole rings is 1. The molecule has 0 atom stereocenters. The minimum absolute atomic E-state index is 0.0204. The van der Waals surface area contributed by atoms with Gasteiger partial charge in [-0.3, -0.25) is 4.79 Å². The van der Waals surface area contributed by atoms with E-state index in [1.54, 1.807) is 0 Å². The van der Waals surface area contributed by atoms with E-state index in [1.165, 1.54) is 41.1 Å². The Morgan fingerprint density at radius 3 is 2.59 bits per heavy atom. The fourth-order valence-corrected chi connectivity index (χ4v) is 4.09. The molecule has 29 heavy (non-hydrogen) atoms. The molecule has 4 rings (SSSR count). The van der Waals surface area contributed by atoms with E-state index in [1.807, 2.05) is 12.1 Å². The molecule has 4 nitrogen and oxygen atoms in total. The van der Waals surface area contributed by atoms with Crippen molar-refractivity contribution in [2.75, 3.05) is 5.32 Å². The summed E-state index contributed by atoms with van der Waals surface area (Å²) < 4.78 is 4.48. The maximum absolute atomic E-state index is 12.7. The van der Waals surface area contributed by atoms with Crippen molar-refractivity contribution >= 4 is 11.6 Å². The number of nitrogens with one attached hydrogen (secondary N) is 1. The van der Waals surface area contributed by atoms with E-state index in [4.69, 9.17) is 0 Å². The van der Waals surface area contributed by atoms with Crippen LogP contribution >= 0.6 is 0 Å². The van der Waals surface area contributed by atoms with Crippen LogP contribution < -0.4 is 9.88 Å². The lowest BCUT2D eigenvalue weighted by atomic mass is 10.1. The van der Waals surface area contributed by atoms with Crippen molar-refractivity contribution in [2.45, 2.75) is 59.0 Å². The number of benzene rings is 2. The number of aromatic nitrogens is 2. The van der Waals surface area contributed by atoms with E-state index in [9.17, 15) is 4.79 Å². The normalized spacial score (nSPS) is 12.8. The predicted molar refractivity (Wildman–Crippen MR) is 117 cm³/mol. The summed E-state index contributed by atoms with van der Waals surface area (Å²) >= 11 is 0. The van der Waals surface area contributed by atoms with Crippen LogP contribution in [-0.2, 0) is 30.7 Å². The number of unbranched alkanes of at least 4 members (excludes halogenated alkanes) is 1. The van der Waals surface area contributed by atoms with Gasteiger partial charge in [0.1, 0.15) is 6.20 Å². The lowest BCUT2D eigenvalue weighted by Gasteiger charge is -2.06. The van der Waals surface area contributed by atoms with Crippen LogP contribution in [0.25, 0.3) is 11.3 Å². The number of anilines is 1. The predicted octanol–water partition coefficient (Wildman–Crippen LogP) is 4.68. The Bertz CT molecular complexity index is 984. The van der Waals surface area contributed by atoms with Gasteiger partial charge in [-0.15, -0.1) is 0 Å². The van der Waals surface area contributed by atoms with Crippen LogP contribution in [0.4, 0.5) is 5.69 Å². The molecule has 0 bridgehead atoms. The minimum atomic E-state index is 0.0204. The average Bonchev–Trinajstić information content (AvgIpc) is 3.32. The largest absolute Gasteiger partial charge is 0.323 e. The maximum Gasteiger partial charge on any atom is 0.266 e. The molecule has 1 aliphatic rings. The summed E-state index contributed by atoms with van der Waals surface area (Å²) in [6, 6.07) is 16.9. The van der Waals surface area contributed by atoms with Crippen molar-refractivity contribution in [1.29, 1.82) is 0 Å². The van der Waals surface area contributed by atoms with Crippen molar-refractivity contribution in [3.05, 3.63) is 71.7 Å². The number of amides is 1. The highest BCUT2D eigenvalue weighted by Gasteiger charge is 2.29. The van der Waals surface area contributed by atoms with E-state index in [-0.39, 0.29) is 5.91 Å². The molecule has 0 saturated carbocycles. The van der Waals surface area contributed by atoms with Crippen LogP contribution in [-0.4, -0.2) is 10.5 Å². The summed E-state index contributed by atoms with van der Waals surface area (Å²) in [6.45, 7) is 5.67. The summed E-state index contributed by atoms with van der Waals surface area (Å²) in [5.41, 5.74) is 5.86. The molecule has 0 radical (unpaired) electrons. The first-order chi connectivity index (χ1) is 14.1. The van der Waals surface area contributed by atoms with Crippen LogP contribution in [0.1, 0.15) is 43.1 Å². The van der Waals surface area contributed by atoms with Gasteiger partial charge in [-0.05, 0) is 43.9 Å². The molecule has 3 aromatic rings. The van der Waals surface area contributed by atoms with Crippen LogP contribution in [0.2, 0.25) is 0 Å². The Morgan fingerprint density at radius 2 is 1.86 bits per heavy atom. The first-order valence-electron chi connectivity index (χ1n) is 10.7. The fourth-order valence-electron chi connectivity index (χ4n) is 4.09. The first-order valence-corrected chi connectivity index (χ1v) is 10.7. The third kappa shape index (κ3) is 4.42. The number of aryl methyl sites for hydroxylation is 2. The van der Waals surface area contributed by atoms with Crippen molar-refractivity contribution in [3.8, 4) is 11.3 Å². The molecule has 1 N–H and O–H groups in total. The van der Waals surface area contributed by atoms with E-state index >= 15 is 0 Å². The number of carbonyl (C=O) groups is 1. The molecule has 0 spiro atoms. The zero-order valence-corrected chi connectivity index (χ0v) is 17.4. The number of rotatable bonds is 7. The van der Waals surface area contributed by atoms with Gasteiger partial charge in [0.15, 0.2) is 12.2 Å². The van der Waals surface area contributed by atoms with Crippen LogP contribution in [0.3, 0.4) is 0 Å². The molecule has 150 valence electrons. The van der Waals surface area contributed by atoms with Gasteiger partial charge in [-0.25, -0.2) is 9.13 Å². The first kappa shape index (κ1) is 19.4. The molecular formula is C25H30N3O+. The quantitative estimate of drug-likeness (QED) is 0.587. The zero-order chi connectivity index (χ0) is 20.2. The molecule has 0 unspecified atom stereocenters. The van der Waals surface area contributed by atoms with Gasteiger partial charge in [-0.1, -0.05) is 55.3 Å². The van der Waals surface area contributed by atoms with Gasteiger partial charge in [0.25, 0.3) is 11.7 Å². The van der Waals surface area contributed by atoms with E-state index in [0.29, 0.717) is 6.54 Å². The molecular weight excluding hydrogens is 358 g/mol. The topological polar surface area (TPSA) is 37.9 Å². The molecule has 0 fully saturated rings. The van der Waals surface area contributed by atoms with Crippen LogP contribution in [0, 0.1) is 6.92 Å². The second kappa shape index (κ2) is 8.64. The van der Waals surface area contributed by atoms with Crippen LogP contribution in [0.5, 0.6) is 0 Å². The number of hydrogen-bond acceptors (Lipinski definition) is 1. The van der Waals surface area contributed by atoms with Gasteiger partial charge >= 0.3 is 0 Å². The Balaban J connectivity index is 1.47. The smallest absolute Gasteiger partial charge is 0.266 e. The standard InChI is InChI=1S/C25H29N3O/c1-3-4-6-20-10-14-22(15-11-20)26-24(29)18-27-17-23(28-16-5-7-25(27)28)21-12-8-19(2)9-13-21/h8-15,17H,3-7,16,18H2,1-2H3/p+1. The van der Waals surface area contributed by atoms with Crippen molar-refractivity contribution in [3.63, 3.8) is 0 Å². The van der Waals surface area contributed by atoms with E-state index in [0.717, 1.165) is 31.5 Å². The summed E-state index contributed by atoms with van der Waals surface area (Å²) in [5.74, 6) is 1.26. The van der Waals surface area contributed by atoms with Gasteiger partial charge < -0.3 is 5.32 Å². The molecule has 1 aliphatic heterocycles. The molecule has 2 aromatic carbocycles. The third-order valence-electron chi connectivity index (χ3n) is 5.71. The van der Waals surface area contributed by atoms with E-state index < -0.39 is 0 Å². The number of carbonyl (C=O) groups excluding carboxylic acids is 1. The molecule has 0 saturated heterocycles. The Labute approximate surface area is 173 Å². The lowest BCUT2D eigenvalue weighted by molar-refractivity contribution is -0.690. The molecule has 4 heteroatoms. The average molecular weight is 389 g/mol. The minimum Gasteiger partial charge on any atom is -0.323 e. The summed E-state index contributed by atoms with van der Waals surface area (Å²) in [7, 11) is 0. The Kier molecular flexibility index (Phi) is 5.79. The summed E-state index contributed by atoms with van der Waals surface area (Å²) in [4.78, 5) is 12.7. The maximum atomic E-state index is 12.7. The second-order valence-corrected chi connectivity index (χ2v) is 8.03. The van der Waals surface area contributed by atoms with Crippen molar-refractivity contribution in [2.24, 2.45) is 0 Å². The molecule has 2 heterocycles. The molecule has 1 aromatic heterocycles. The Hall–Kier alpha value is -2.88. The highest BCUT2D eigenvalue weighted by Crippen LogP contribution is 2.25. The lowest BCUT2D eigenvalue weighted by Crippen LogP contribution is -2.42. The van der Waals surface area contributed by atoms with Crippen LogP contribution in [0.15, 0.2) is 54.7 Å². The fraction of sp³-hybridized carbons (Fsp3) is 0.360.